The number of hydrogen-bond acceptors (Lipinski definition) is 3. The highest BCUT2D eigenvalue weighted by Gasteiger charge is 2.40. The van der Waals surface area contributed by atoms with E-state index in [0.717, 1.165) is 32.1 Å². The first kappa shape index (κ1) is 19.0. The summed E-state index contributed by atoms with van der Waals surface area (Å²) >= 11 is 0. The molecule has 3 atom stereocenters. The Morgan fingerprint density at radius 2 is 1.74 bits per heavy atom. The van der Waals surface area contributed by atoms with Crippen molar-refractivity contribution in [1.82, 2.24) is 5.32 Å². The van der Waals surface area contributed by atoms with E-state index in [1.165, 1.54) is 32.1 Å². The molecular formula is C18H33ClN2O2. The van der Waals surface area contributed by atoms with Gasteiger partial charge in [0, 0.05) is 12.1 Å². The van der Waals surface area contributed by atoms with Crippen molar-refractivity contribution in [2.45, 2.75) is 95.4 Å². The summed E-state index contributed by atoms with van der Waals surface area (Å²) in [6, 6.07) is 0.669. The van der Waals surface area contributed by atoms with E-state index < -0.39 is 0 Å². The number of halogens is 1. The van der Waals surface area contributed by atoms with Gasteiger partial charge in [-0.2, -0.15) is 0 Å². The molecule has 4 nitrogen and oxygen atoms in total. The van der Waals surface area contributed by atoms with Crippen LogP contribution in [-0.2, 0) is 9.53 Å². The molecule has 3 aliphatic carbocycles. The topological polar surface area (TPSA) is 64.3 Å². The van der Waals surface area contributed by atoms with Crippen LogP contribution < -0.4 is 11.1 Å². The summed E-state index contributed by atoms with van der Waals surface area (Å²) in [6.07, 6.45) is 11.4. The predicted molar refractivity (Wildman–Crippen MR) is 94.6 cm³/mol. The van der Waals surface area contributed by atoms with Gasteiger partial charge in [0.1, 0.15) is 6.10 Å². The number of carbonyl (C=O) groups is 1. The Morgan fingerprint density at radius 1 is 1.13 bits per heavy atom. The molecule has 23 heavy (non-hydrogen) atoms. The van der Waals surface area contributed by atoms with E-state index in [2.05, 4.69) is 12.2 Å². The SMILES string of the molecule is CCC(OC1CCCC1)C(=O)NC1C2CCCC1CC(N)C2.Cl. The van der Waals surface area contributed by atoms with Gasteiger partial charge < -0.3 is 15.8 Å². The molecular weight excluding hydrogens is 312 g/mol. The molecule has 5 heteroatoms. The summed E-state index contributed by atoms with van der Waals surface area (Å²) in [6.45, 7) is 2.05. The van der Waals surface area contributed by atoms with Gasteiger partial charge >= 0.3 is 0 Å². The second-order valence-corrected chi connectivity index (χ2v) is 7.66. The minimum absolute atomic E-state index is 0. The molecule has 0 heterocycles. The van der Waals surface area contributed by atoms with Gasteiger partial charge in [-0.3, -0.25) is 4.79 Å². The van der Waals surface area contributed by atoms with Gasteiger partial charge in [-0.05, 0) is 56.8 Å². The average Bonchev–Trinajstić information content (AvgIpc) is 2.98. The smallest absolute Gasteiger partial charge is 0.249 e. The number of carbonyl (C=O) groups excluding carboxylic acids is 1. The monoisotopic (exact) mass is 344 g/mol. The molecule has 0 spiro atoms. The van der Waals surface area contributed by atoms with Crippen molar-refractivity contribution in [3.05, 3.63) is 0 Å². The lowest BCUT2D eigenvalue weighted by Gasteiger charge is -2.45. The van der Waals surface area contributed by atoms with E-state index in [4.69, 9.17) is 10.5 Å². The summed E-state index contributed by atoms with van der Waals surface area (Å²) in [5, 5.41) is 3.35. The number of hydrogen-bond donors (Lipinski definition) is 2. The third-order valence-corrected chi connectivity index (χ3v) is 6.01. The van der Waals surface area contributed by atoms with E-state index in [1.807, 2.05) is 0 Å². The Kier molecular flexibility index (Phi) is 7.18. The van der Waals surface area contributed by atoms with Crippen LogP contribution in [0.2, 0.25) is 0 Å². The van der Waals surface area contributed by atoms with Crippen LogP contribution >= 0.6 is 12.4 Å². The van der Waals surface area contributed by atoms with Gasteiger partial charge in [-0.15, -0.1) is 12.4 Å². The lowest BCUT2D eigenvalue weighted by Crippen LogP contribution is -2.55. The molecule has 3 aliphatic rings. The Bertz CT molecular complexity index is 373. The summed E-state index contributed by atoms with van der Waals surface area (Å²) in [4.78, 5) is 12.7. The van der Waals surface area contributed by atoms with E-state index in [-0.39, 0.29) is 24.4 Å². The number of fused-ring (bicyclic) bond motifs is 2. The molecule has 134 valence electrons. The maximum atomic E-state index is 12.7. The average molecular weight is 345 g/mol. The molecule has 0 saturated heterocycles. The van der Waals surface area contributed by atoms with Crippen LogP contribution in [0.1, 0.15) is 71.1 Å². The lowest BCUT2D eigenvalue weighted by molar-refractivity contribution is -0.139. The predicted octanol–water partition coefficient (Wildman–Crippen LogP) is 3.17. The molecule has 0 aromatic heterocycles. The standard InChI is InChI=1S/C18H32N2O2.ClH/c1-2-16(22-15-8-3-4-9-15)18(21)20-17-12-6-5-7-13(17)11-14(19)10-12;/h12-17H,2-11,19H2,1H3,(H,20,21);1H. The zero-order valence-electron chi connectivity index (χ0n) is 14.3. The highest BCUT2D eigenvalue weighted by atomic mass is 35.5. The first-order chi connectivity index (χ1) is 10.7. The van der Waals surface area contributed by atoms with Crippen LogP contribution in [-0.4, -0.2) is 30.2 Å². The first-order valence-corrected chi connectivity index (χ1v) is 9.38. The molecule has 0 aromatic rings. The van der Waals surface area contributed by atoms with Crippen molar-refractivity contribution in [1.29, 1.82) is 0 Å². The number of nitrogens with one attached hydrogen (secondary N) is 1. The largest absolute Gasteiger partial charge is 0.365 e. The highest BCUT2D eigenvalue weighted by Crippen LogP contribution is 2.39. The molecule has 2 bridgehead atoms. The maximum absolute atomic E-state index is 12.7. The number of amides is 1. The van der Waals surface area contributed by atoms with Crippen LogP contribution in [0.25, 0.3) is 0 Å². The van der Waals surface area contributed by atoms with Crippen molar-refractivity contribution in [2.75, 3.05) is 0 Å². The first-order valence-electron chi connectivity index (χ1n) is 9.38. The van der Waals surface area contributed by atoms with E-state index >= 15 is 0 Å². The zero-order valence-corrected chi connectivity index (χ0v) is 15.2. The zero-order chi connectivity index (χ0) is 15.5. The van der Waals surface area contributed by atoms with E-state index in [0.29, 0.717) is 30.0 Å². The molecule has 0 aromatic carbocycles. The van der Waals surface area contributed by atoms with E-state index in [9.17, 15) is 4.79 Å². The van der Waals surface area contributed by atoms with Crippen molar-refractivity contribution in [3.8, 4) is 0 Å². The molecule has 3 fully saturated rings. The second kappa shape index (κ2) is 8.68. The van der Waals surface area contributed by atoms with Gasteiger partial charge in [0.25, 0.3) is 0 Å². The summed E-state index contributed by atoms with van der Waals surface area (Å²) in [7, 11) is 0. The molecule has 0 aliphatic heterocycles. The molecule has 0 radical (unpaired) electrons. The van der Waals surface area contributed by atoms with Crippen LogP contribution in [0.3, 0.4) is 0 Å². The number of rotatable bonds is 5. The molecule has 3 saturated carbocycles. The lowest BCUT2D eigenvalue weighted by atomic mass is 9.67. The van der Waals surface area contributed by atoms with Gasteiger partial charge in [0.05, 0.1) is 6.10 Å². The van der Waals surface area contributed by atoms with Crippen LogP contribution in [0.4, 0.5) is 0 Å². The van der Waals surface area contributed by atoms with Crippen molar-refractivity contribution in [3.63, 3.8) is 0 Å². The van der Waals surface area contributed by atoms with Gasteiger partial charge in [0.15, 0.2) is 0 Å². The Hall–Kier alpha value is -0.320. The summed E-state index contributed by atoms with van der Waals surface area (Å²) < 4.78 is 6.07. The molecule has 1 amide bonds. The Morgan fingerprint density at radius 3 is 2.30 bits per heavy atom. The van der Waals surface area contributed by atoms with Crippen LogP contribution in [0, 0.1) is 11.8 Å². The maximum Gasteiger partial charge on any atom is 0.249 e. The fourth-order valence-corrected chi connectivity index (χ4v) is 4.88. The van der Waals surface area contributed by atoms with E-state index in [1.54, 1.807) is 0 Å². The summed E-state index contributed by atoms with van der Waals surface area (Å²) in [5.41, 5.74) is 6.18. The highest BCUT2D eigenvalue weighted by molar-refractivity contribution is 5.85. The third kappa shape index (κ3) is 4.61. The van der Waals surface area contributed by atoms with Crippen LogP contribution in [0.15, 0.2) is 0 Å². The minimum Gasteiger partial charge on any atom is -0.365 e. The quantitative estimate of drug-likeness (QED) is 0.805. The van der Waals surface area contributed by atoms with Crippen molar-refractivity contribution in [2.24, 2.45) is 17.6 Å². The molecule has 3 unspecified atom stereocenters. The fraction of sp³-hybridized carbons (Fsp3) is 0.944. The Labute approximate surface area is 146 Å². The van der Waals surface area contributed by atoms with Crippen molar-refractivity contribution >= 4 is 18.3 Å². The van der Waals surface area contributed by atoms with Gasteiger partial charge in [0.2, 0.25) is 5.91 Å². The summed E-state index contributed by atoms with van der Waals surface area (Å²) in [5.74, 6) is 1.28. The fourth-order valence-electron chi connectivity index (χ4n) is 4.88. The molecule has 3 N–H and O–H groups in total. The minimum atomic E-state index is -0.264. The third-order valence-electron chi connectivity index (χ3n) is 6.01. The molecule has 3 rings (SSSR count). The normalized spacial score (nSPS) is 35.4. The number of ether oxygens (including phenoxy) is 1. The van der Waals surface area contributed by atoms with Gasteiger partial charge in [-0.25, -0.2) is 0 Å². The number of nitrogens with two attached hydrogens (primary N) is 1. The van der Waals surface area contributed by atoms with Crippen molar-refractivity contribution < 1.29 is 9.53 Å². The van der Waals surface area contributed by atoms with Crippen LogP contribution in [0.5, 0.6) is 0 Å². The Balaban J connectivity index is 0.00000192. The van der Waals surface area contributed by atoms with Gasteiger partial charge in [-0.1, -0.05) is 26.2 Å². The second-order valence-electron chi connectivity index (χ2n) is 7.66.